The Morgan fingerprint density at radius 3 is 2.12 bits per heavy atom. The highest BCUT2D eigenvalue weighted by molar-refractivity contribution is 5.85. The summed E-state index contributed by atoms with van der Waals surface area (Å²) in [5, 5.41) is 17.2. The van der Waals surface area contributed by atoms with Crippen LogP contribution in [0.2, 0.25) is 0 Å². The standard InChI is InChI=1S/C33H47N5O2.ClH/c1-3-35-17-21-37(22-18-35)32-29-10-6-5-9-26(29)25-33(34-32,38-23-19-36(4-2)20-24-38)27-13-15-28(16-14-27)40-31-12-8-7-11-30(31)39;/h5-6,9-10,13-16,25,30-31,34,39H,3-4,7-8,11-12,17-24H2,1-2H3;1H. The first-order valence-corrected chi connectivity index (χ1v) is 15.6. The molecule has 7 nitrogen and oxygen atoms in total. The molecular weight excluding hydrogens is 534 g/mol. The number of fused-ring (bicyclic) bond motifs is 1. The van der Waals surface area contributed by atoms with Crippen molar-refractivity contribution >= 4 is 24.3 Å². The molecule has 0 radical (unpaired) electrons. The van der Waals surface area contributed by atoms with Gasteiger partial charge in [0, 0.05) is 57.6 Å². The minimum atomic E-state index is -0.450. The Kier molecular flexibility index (Phi) is 9.82. The van der Waals surface area contributed by atoms with E-state index in [0.717, 1.165) is 96.9 Å². The fourth-order valence-corrected chi connectivity index (χ4v) is 6.99. The van der Waals surface area contributed by atoms with Gasteiger partial charge in [0.25, 0.3) is 0 Å². The van der Waals surface area contributed by atoms with E-state index in [9.17, 15) is 5.11 Å². The van der Waals surface area contributed by atoms with E-state index in [4.69, 9.17) is 4.74 Å². The second kappa shape index (κ2) is 13.3. The maximum absolute atomic E-state index is 10.5. The second-order valence-electron chi connectivity index (χ2n) is 11.8. The first-order valence-electron chi connectivity index (χ1n) is 15.6. The summed E-state index contributed by atoms with van der Waals surface area (Å²) in [5.74, 6) is 2.09. The summed E-state index contributed by atoms with van der Waals surface area (Å²) in [6.07, 6.45) is 5.94. The van der Waals surface area contributed by atoms with Crippen LogP contribution in [0.3, 0.4) is 0 Å². The van der Waals surface area contributed by atoms with Crippen LogP contribution < -0.4 is 20.5 Å². The van der Waals surface area contributed by atoms with Gasteiger partial charge in [-0.3, -0.25) is 4.90 Å². The lowest BCUT2D eigenvalue weighted by atomic mass is 9.91. The van der Waals surface area contributed by atoms with Gasteiger partial charge in [-0.15, -0.1) is 12.4 Å². The largest absolute Gasteiger partial charge is 0.488 e. The number of nitrogens with one attached hydrogen (secondary N) is 1. The van der Waals surface area contributed by atoms with Gasteiger partial charge in [0.05, 0.1) is 6.10 Å². The highest BCUT2D eigenvalue weighted by Crippen LogP contribution is 2.34. The second-order valence-corrected chi connectivity index (χ2v) is 11.8. The van der Waals surface area contributed by atoms with E-state index in [2.05, 4.69) is 93.4 Å². The van der Waals surface area contributed by atoms with Crippen molar-refractivity contribution in [2.75, 3.05) is 65.4 Å². The maximum Gasteiger partial charge on any atom is 0.139 e. The molecule has 41 heavy (non-hydrogen) atoms. The number of benzene rings is 2. The van der Waals surface area contributed by atoms with E-state index in [1.165, 1.54) is 21.8 Å². The summed E-state index contributed by atoms with van der Waals surface area (Å²) in [5.41, 5.74) is 0.780. The van der Waals surface area contributed by atoms with Crippen LogP contribution in [0.15, 0.2) is 48.5 Å². The summed E-state index contributed by atoms with van der Waals surface area (Å²) < 4.78 is 6.29. The number of ether oxygens (including phenoxy) is 1. The number of piperazine rings is 2. The third-order valence-electron chi connectivity index (χ3n) is 9.59. The Labute approximate surface area is 251 Å². The van der Waals surface area contributed by atoms with Crippen molar-refractivity contribution in [3.05, 3.63) is 64.5 Å². The Balaban J connectivity index is 0.00000337. The van der Waals surface area contributed by atoms with Crippen molar-refractivity contribution in [1.29, 1.82) is 0 Å². The van der Waals surface area contributed by atoms with E-state index >= 15 is 0 Å². The molecule has 3 fully saturated rings. The van der Waals surface area contributed by atoms with E-state index < -0.39 is 5.66 Å². The number of hydrogen-bond acceptors (Lipinski definition) is 7. The molecule has 0 spiro atoms. The molecule has 0 aromatic heterocycles. The number of halogens is 1. The van der Waals surface area contributed by atoms with Crippen LogP contribution in [-0.4, -0.2) is 102 Å². The van der Waals surface area contributed by atoms with Gasteiger partial charge in [-0.2, -0.15) is 0 Å². The summed E-state index contributed by atoms with van der Waals surface area (Å²) in [6, 6.07) is 17.6. The Bertz CT molecular complexity index is 1260. The molecule has 224 valence electrons. The fraction of sp³-hybridized carbons (Fsp3) is 0.576. The van der Waals surface area contributed by atoms with Gasteiger partial charge in [-0.05, 0) is 61.3 Å². The lowest BCUT2D eigenvalue weighted by Crippen LogP contribution is -2.65. The van der Waals surface area contributed by atoms with Crippen molar-refractivity contribution in [3.63, 3.8) is 0 Å². The number of aliphatic hydroxyl groups excluding tert-OH is 1. The van der Waals surface area contributed by atoms with E-state index in [1.807, 2.05) is 0 Å². The molecule has 3 heterocycles. The molecule has 3 unspecified atom stereocenters. The molecule has 0 bridgehead atoms. The third-order valence-corrected chi connectivity index (χ3v) is 9.59. The lowest BCUT2D eigenvalue weighted by Gasteiger charge is -2.50. The van der Waals surface area contributed by atoms with Crippen molar-refractivity contribution < 1.29 is 9.84 Å². The zero-order valence-electron chi connectivity index (χ0n) is 24.8. The van der Waals surface area contributed by atoms with Gasteiger partial charge in [0.2, 0.25) is 0 Å². The Morgan fingerprint density at radius 2 is 1.46 bits per heavy atom. The van der Waals surface area contributed by atoms with Crippen LogP contribution in [0.25, 0.3) is 11.9 Å². The molecule has 6 rings (SSSR count). The maximum atomic E-state index is 10.5. The molecule has 3 atom stereocenters. The number of nitrogens with zero attached hydrogens (tertiary/aromatic N) is 4. The molecule has 0 amide bonds. The zero-order valence-corrected chi connectivity index (χ0v) is 25.6. The molecule has 2 aromatic carbocycles. The van der Waals surface area contributed by atoms with Crippen LogP contribution in [-0.2, 0) is 5.66 Å². The normalized spacial score (nSPS) is 27.8. The number of hydrogen-bond donors (Lipinski definition) is 2. The highest BCUT2D eigenvalue weighted by atomic mass is 35.5. The average Bonchev–Trinajstić information content (AvgIpc) is 3.02. The smallest absolute Gasteiger partial charge is 0.139 e. The molecule has 2 saturated heterocycles. The Hall–Kier alpha value is -2.29. The molecule has 1 aliphatic carbocycles. The first-order chi connectivity index (χ1) is 19.6. The van der Waals surface area contributed by atoms with Gasteiger partial charge in [0.15, 0.2) is 0 Å². The van der Waals surface area contributed by atoms with Crippen LogP contribution in [0.5, 0.6) is 5.75 Å². The average molecular weight is 582 g/mol. The third kappa shape index (κ3) is 6.25. The number of aliphatic hydroxyl groups is 1. The monoisotopic (exact) mass is 581 g/mol. The minimum absolute atomic E-state index is 0. The predicted molar refractivity (Wildman–Crippen MR) is 168 cm³/mol. The van der Waals surface area contributed by atoms with Gasteiger partial charge in [-0.1, -0.05) is 56.7 Å². The first kappa shape index (κ1) is 30.2. The quantitative estimate of drug-likeness (QED) is 0.521. The van der Waals surface area contributed by atoms with Crippen molar-refractivity contribution in [3.8, 4) is 5.75 Å². The van der Waals surface area contributed by atoms with E-state index in [0.29, 0.717) is 0 Å². The SMILES string of the molecule is CCN1CCN(C2=c3ccccc3=CC(c3ccc(OC4CCCCC4O)cc3)(N3CCN(CC)CC3)N2)CC1.Cl. The molecular formula is C33H48ClN5O2. The summed E-state index contributed by atoms with van der Waals surface area (Å²) in [4.78, 5) is 10.3. The van der Waals surface area contributed by atoms with Gasteiger partial charge in [-0.25, -0.2) is 0 Å². The summed E-state index contributed by atoms with van der Waals surface area (Å²) >= 11 is 0. The van der Waals surface area contributed by atoms with Gasteiger partial charge in [0.1, 0.15) is 23.3 Å². The lowest BCUT2D eigenvalue weighted by molar-refractivity contribution is 0.00679. The predicted octanol–water partition coefficient (Wildman–Crippen LogP) is 2.37. The van der Waals surface area contributed by atoms with Crippen LogP contribution >= 0.6 is 12.4 Å². The van der Waals surface area contributed by atoms with Crippen LogP contribution in [0.1, 0.15) is 45.1 Å². The molecule has 4 aliphatic rings. The minimum Gasteiger partial charge on any atom is -0.488 e. The molecule has 2 N–H and O–H groups in total. The summed E-state index contributed by atoms with van der Waals surface area (Å²) in [6.45, 7) is 15.1. The number of rotatable bonds is 7. The van der Waals surface area contributed by atoms with Crippen molar-refractivity contribution in [1.82, 2.24) is 24.9 Å². The Morgan fingerprint density at radius 1 is 0.829 bits per heavy atom. The van der Waals surface area contributed by atoms with Gasteiger partial charge >= 0.3 is 0 Å². The van der Waals surface area contributed by atoms with Crippen LogP contribution in [0.4, 0.5) is 0 Å². The number of likely N-dealkylation sites (N-methyl/N-ethyl adjacent to an activating group) is 2. The highest BCUT2D eigenvalue weighted by Gasteiger charge is 2.41. The van der Waals surface area contributed by atoms with Crippen molar-refractivity contribution in [2.24, 2.45) is 0 Å². The molecule has 1 saturated carbocycles. The van der Waals surface area contributed by atoms with Crippen LogP contribution in [0, 0.1) is 0 Å². The van der Waals surface area contributed by atoms with Gasteiger partial charge < -0.3 is 29.9 Å². The summed E-state index contributed by atoms with van der Waals surface area (Å²) in [7, 11) is 0. The van der Waals surface area contributed by atoms with E-state index in [1.54, 1.807) is 0 Å². The molecule has 8 heteroatoms. The zero-order chi connectivity index (χ0) is 27.5. The molecule has 3 aliphatic heterocycles. The molecule has 2 aromatic rings. The topological polar surface area (TPSA) is 54.5 Å². The van der Waals surface area contributed by atoms with Crippen molar-refractivity contribution in [2.45, 2.75) is 57.4 Å². The van der Waals surface area contributed by atoms with E-state index in [-0.39, 0.29) is 24.6 Å². The fourth-order valence-electron chi connectivity index (χ4n) is 6.99.